The normalized spacial score (nSPS) is 22.2. The van der Waals surface area contributed by atoms with Gasteiger partial charge in [0.05, 0.1) is 5.69 Å². The first-order valence-corrected chi connectivity index (χ1v) is 4.03. The number of aromatic nitrogens is 2. The lowest BCUT2D eigenvalue weighted by Crippen LogP contribution is -2.08. The Hall–Kier alpha value is -0.830. The molecule has 0 aliphatic heterocycles. The van der Waals surface area contributed by atoms with E-state index >= 15 is 0 Å². The molecule has 0 bridgehead atoms. The van der Waals surface area contributed by atoms with Crippen LogP contribution in [0.1, 0.15) is 23.6 Å². The van der Waals surface area contributed by atoms with Gasteiger partial charge in [0.15, 0.2) is 0 Å². The lowest BCUT2D eigenvalue weighted by Gasteiger charge is -2.03. The van der Waals surface area contributed by atoms with Gasteiger partial charge < -0.3 is 5.73 Å². The number of nitrogens with two attached hydrogens (primary N) is 1. The highest BCUT2D eigenvalue weighted by Crippen LogP contribution is 2.30. The summed E-state index contributed by atoms with van der Waals surface area (Å²) >= 11 is 0. The topological polar surface area (TPSA) is 43.8 Å². The largest absolute Gasteiger partial charge is 0.330 e. The van der Waals surface area contributed by atoms with Crippen LogP contribution in [-0.2, 0) is 13.5 Å². The molecule has 1 aromatic rings. The summed E-state index contributed by atoms with van der Waals surface area (Å²) in [5.41, 5.74) is 8.24. The zero-order valence-corrected chi connectivity index (χ0v) is 6.75. The molecule has 0 fully saturated rings. The predicted octanol–water partition coefficient (Wildman–Crippen LogP) is 0.409. The van der Waals surface area contributed by atoms with Crippen molar-refractivity contribution < 1.29 is 0 Å². The molecule has 11 heavy (non-hydrogen) atoms. The van der Waals surface area contributed by atoms with Gasteiger partial charge >= 0.3 is 0 Å². The van der Waals surface area contributed by atoms with Crippen LogP contribution in [0.2, 0.25) is 0 Å². The van der Waals surface area contributed by atoms with Gasteiger partial charge in [-0.05, 0) is 30.9 Å². The summed E-state index contributed by atoms with van der Waals surface area (Å²) in [6, 6.07) is 0. The molecule has 0 saturated carbocycles. The van der Waals surface area contributed by atoms with E-state index in [1.807, 2.05) is 11.7 Å². The van der Waals surface area contributed by atoms with Crippen LogP contribution in [0.4, 0.5) is 0 Å². The van der Waals surface area contributed by atoms with Crippen molar-refractivity contribution in [2.24, 2.45) is 12.8 Å². The van der Waals surface area contributed by atoms with Gasteiger partial charge in [-0.1, -0.05) is 0 Å². The second kappa shape index (κ2) is 2.34. The molecule has 0 aromatic carbocycles. The summed E-state index contributed by atoms with van der Waals surface area (Å²) in [5, 5.41) is 4.35. The number of fused-ring (bicyclic) bond motifs is 1. The van der Waals surface area contributed by atoms with Crippen molar-refractivity contribution in [2.75, 3.05) is 6.54 Å². The lowest BCUT2D eigenvalue weighted by atomic mass is 10.1. The Morgan fingerprint density at radius 1 is 1.82 bits per heavy atom. The van der Waals surface area contributed by atoms with Gasteiger partial charge in [0.1, 0.15) is 0 Å². The standard InChI is InChI=1S/C8H13N3/c1-11-5-7-6(4-9)2-3-8(7)10-11/h5-6H,2-4,9H2,1H3. The number of nitrogens with zero attached hydrogens (tertiary/aromatic N) is 2. The van der Waals surface area contributed by atoms with Crippen molar-refractivity contribution in [3.63, 3.8) is 0 Å². The molecule has 0 saturated heterocycles. The van der Waals surface area contributed by atoms with E-state index in [1.165, 1.54) is 17.7 Å². The van der Waals surface area contributed by atoms with Gasteiger partial charge in [-0.3, -0.25) is 4.68 Å². The number of hydrogen-bond donors (Lipinski definition) is 1. The van der Waals surface area contributed by atoms with Crippen molar-refractivity contribution in [1.29, 1.82) is 0 Å². The zero-order chi connectivity index (χ0) is 7.84. The van der Waals surface area contributed by atoms with Crippen LogP contribution in [0, 0.1) is 0 Å². The maximum Gasteiger partial charge on any atom is 0.0659 e. The van der Waals surface area contributed by atoms with Crippen LogP contribution in [0.25, 0.3) is 0 Å². The fraction of sp³-hybridized carbons (Fsp3) is 0.625. The third kappa shape index (κ3) is 0.959. The molecule has 1 aliphatic carbocycles. The maximum absolute atomic E-state index is 5.62. The predicted molar refractivity (Wildman–Crippen MR) is 43.3 cm³/mol. The smallest absolute Gasteiger partial charge is 0.0659 e. The van der Waals surface area contributed by atoms with E-state index < -0.39 is 0 Å². The van der Waals surface area contributed by atoms with E-state index in [2.05, 4.69) is 11.3 Å². The van der Waals surface area contributed by atoms with Gasteiger partial charge in [0.2, 0.25) is 0 Å². The van der Waals surface area contributed by atoms with E-state index in [1.54, 1.807) is 0 Å². The van der Waals surface area contributed by atoms with Crippen molar-refractivity contribution in [2.45, 2.75) is 18.8 Å². The molecule has 1 atom stereocenters. The molecule has 0 spiro atoms. The summed E-state index contributed by atoms with van der Waals surface area (Å²) in [6.07, 6.45) is 4.40. The third-order valence-electron chi connectivity index (χ3n) is 2.39. The van der Waals surface area contributed by atoms with Crippen LogP contribution in [0.3, 0.4) is 0 Å². The highest BCUT2D eigenvalue weighted by molar-refractivity contribution is 5.27. The Morgan fingerprint density at radius 2 is 2.64 bits per heavy atom. The van der Waals surface area contributed by atoms with E-state index in [0.717, 1.165) is 13.0 Å². The van der Waals surface area contributed by atoms with Crippen molar-refractivity contribution in [1.82, 2.24) is 9.78 Å². The molecular weight excluding hydrogens is 138 g/mol. The van der Waals surface area contributed by atoms with Crippen LogP contribution in [0.15, 0.2) is 6.20 Å². The Balaban J connectivity index is 2.37. The average molecular weight is 151 g/mol. The minimum absolute atomic E-state index is 0.568. The van der Waals surface area contributed by atoms with Crippen LogP contribution < -0.4 is 5.73 Å². The number of aryl methyl sites for hydroxylation is 2. The van der Waals surface area contributed by atoms with Gasteiger partial charge in [-0.15, -0.1) is 0 Å². The highest BCUT2D eigenvalue weighted by Gasteiger charge is 2.23. The number of rotatable bonds is 1. The van der Waals surface area contributed by atoms with Gasteiger partial charge in [-0.25, -0.2) is 0 Å². The molecule has 60 valence electrons. The van der Waals surface area contributed by atoms with Gasteiger partial charge in [0.25, 0.3) is 0 Å². The Kier molecular flexibility index (Phi) is 1.46. The Bertz CT molecular complexity index is 264. The summed E-state index contributed by atoms with van der Waals surface area (Å²) in [6.45, 7) is 0.763. The molecule has 0 amide bonds. The summed E-state index contributed by atoms with van der Waals surface area (Å²) < 4.78 is 1.88. The second-order valence-electron chi connectivity index (χ2n) is 3.18. The third-order valence-corrected chi connectivity index (χ3v) is 2.39. The molecule has 1 aliphatic rings. The molecule has 2 rings (SSSR count). The van der Waals surface area contributed by atoms with Gasteiger partial charge in [0, 0.05) is 13.2 Å². The first-order chi connectivity index (χ1) is 5.31. The van der Waals surface area contributed by atoms with E-state index in [4.69, 9.17) is 5.73 Å². The lowest BCUT2D eigenvalue weighted by molar-refractivity contribution is 0.659. The van der Waals surface area contributed by atoms with E-state index in [-0.39, 0.29) is 0 Å². The molecule has 0 radical (unpaired) electrons. The summed E-state index contributed by atoms with van der Waals surface area (Å²) in [5.74, 6) is 0.568. The molecular formula is C8H13N3. The SMILES string of the molecule is Cn1cc2c(n1)CCC2CN. The monoisotopic (exact) mass is 151 g/mol. The Morgan fingerprint density at radius 3 is 3.36 bits per heavy atom. The van der Waals surface area contributed by atoms with Crippen LogP contribution in [-0.4, -0.2) is 16.3 Å². The highest BCUT2D eigenvalue weighted by atomic mass is 15.3. The number of hydrogen-bond acceptors (Lipinski definition) is 2. The second-order valence-corrected chi connectivity index (χ2v) is 3.18. The molecule has 1 aromatic heterocycles. The fourth-order valence-corrected chi connectivity index (χ4v) is 1.80. The fourth-order valence-electron chi connectivity index (χ4n) is 1.80. The van der Waals surface area contributed by atoms with Crippen LogP contribution in [0.5, 0.6) is 0 Å². The zero-order valence-electron chi connectivity index (χ0n) is 6.75. The van der Waals surface area contributed by atoms with E-state index in [9.17, 15) is 0 Å². The van der Waals surface area contributed by atoms with Crippen molar-refractivity contribution in [3.05, 3.63) is 17.5 Å². The first kappa shape index (κ1) is 6.85. The Labute approximate surface area is 66.2 Å². The van der Waals surface area contributed by atoms with Crippen molar-refractivity contribution >= 4 is 0 Å². The molecule has 3 nitrogen and oxygen atoms in total. The minimum Gasteiger partial charge on any atom is -0.330 e. The quantitative estimate of drug-likeness (QED) is 0.631. The van der Waals surface area contributed by atoms with Crippen molar-refractivity contribution in [3.8, 4) is 0 Å². The maximum atomic E-state index is 5.62. The molecule has 2 N–H and O–H groups in total. The average Bonchev–Trinajstić information content (AvgIpc) is 2.45. The summed E-state index contributed by atoms with van der Waals surface area (Å²) in [7, 11) is 1.96. The van der Waals surface area contributed by atoms with Crippen LogP contribution >= 0.6 is 0 Å². The van der Waals surface area contributed by atoms with Gasteiger partial charge in [-0.2, -0.15) is 5.10 Å². The minimum atomic E-state index is 0.568. The molecule has 3 heteroatoms. The summed E-state index contributed by atoms with van der Waals surface area (Å²) in [4.78, 5) is 0. The molecule has 1 unspecified atom stereocenters. The van der Waals surface area contributed by atoms with E-state index in [0.29, 0.717) is 5.92 Å². The first-order valence-electron chi connectivity index (χ1n) is 4.03. The molecule has 1 heterocycles.